The molecule has 43 heavy (non-hydrogen) atoms. The molecular formula is C31H37N7O5. The van der Waals surface area contributed by atoms with Crippen molar-refractivity contribution in [2.45, 2.75) is 44.3 Å². The fourth-order valence-electron chi connectivity index (χ4n) is 5.26. The Morgan fingerprint density at radius 2 is 1.86 bits per heavy atom. The molecule has 0 fully saturated rings. The van der Waals surface area contributed by atoms with Crippen molar-refractivity contribution in [2.24, 2.45) is 0 Å². The zero-order valence-electron chi connectivity index (χ0n) is 23.9. The quantitative estimate of drug-likeness (QED) is 0.302. The van der Waals surface area contributed by atoms with Gasteiger partial charge in [-0.2, -0.15) is 0 Å². The summed E-state index contributed by atoms with van der Waals surface area (Å²) in [6, 6.07) is 13.4. The van der Waals surface area contributed by atoms with E-state index in [-0.39, 0.29) is 43.8 Å². The summed E-state index contributed by atoms with van der Waals surface area (Å²) < 4.78 is 5.77. The lowest BCUT2D eigenvalue weighted by molar-refractivity contribution is -0.138. The van der Waals surface area contributed by atoms with Gasteiger partial charge in [0.05, 0.1) is 25.5 Å². The Balaban J connectivity index is 1.28. The lowest BCUT2D eigenvalue weighted by Crippen LogP contribution is -2.52. The van der Waals surface area contributed by atoms with E-state index in [0.717, 1.165) is 5.56 Å². The highest BCUT2D eigenvalue weighted by atomic mass is 16.5. The van der Waals surface area contributed by atoms with Crippen molar-refractivity contribution in [1.29, 1.82) is 0 Å². The minimum absolute atomic E-state index is 0.0782. The summed E-state index contributed by atoms with van der Waals surface area (Å²) in [6.45, 7) is 1.63. The number of carbonyl (C=O) groups is 4. The van der Waals surface area contributed by atoms with Crippen LogP contribution in [0.4, 0.5) is 0 Å². The number of amides is 4. The number of fused-ring (bicyclic) bond motifs is 3. The van der Waals surface area contributed by atoms with Crippen LogP contribution in [0.15, 0.2) is 61.1 Å². The van der Waals surface area contributed by atoms with Crippen LogP contribution >= 0.6 is 0 Å². The van der Waals surface area contributed by atoms with Crippen molar-refractivity contribution in [3.63, 3.8) is 0 Å². The smallest absolute Gasteiger partial charge is 0.252 e. The third kappa shape index (κ3) is 8.19. The van der Waals surface area contributed by atoms with Crippen LogP contribution in [0.5, 0.6) is 5.75 Å². The van der Waals surface area contributed by atoms with Gasteiger partial charge in [-0.05, 0) is 48.6 Å². The number of rotatable bonds is 3. The van der Waals surface area contributed by atoms with Gasteiger partial charge in [-0.25, -0.2) is 4.98 Å². The number of aromatic amines is 1. The second-order valence-corrected chi connectivity index (χ2v) is 10.7. The van der Waals surface area contributed by atoms with Gasteiger partial charge in [-0.1, -0.05) is 30.3 Å². The monoisotopic (exact) mass is 587 g/mol. The number of imidazole rings is 1. The predicted octanol–water partition coefficient (Wildman–Crippen LogP) is 0.699. The molecule has 0 unspecified atom stereocenters. The van der Waals surface area contributed by atoms with Crippen LogP contribution in [0, 0.1) is 0 Å². The summed E-state index contributed by atoms with van der Waals surface area (Å²) in [5.41, 5.74) is 3.35. The Hall–Kier alpha value is -4.71. The van der Waals surface area contributed by atoms with Crippen LogP contribution in [0.25, 0.3) is 0 Å². The fourth-order valence-corrected chi connectivity index (χ4v) is 5.26. The molecule has 2 bridgehead atoms. The Morgan fingerprint density at radius 3 is 2.70 bits per heavy atom. The first-order valence-corrected chi connectivity index (χ1v) is 14.6. The maximum Gasteiger partial charge on any atom is 0.252 e. The van der Waals surface area contributed by atoms with Crippen molar-refractivity contribution in [2.75, 3.05) is 32.8 Å². The van der Waals surface area contributed by atoms with E-state index in [0.29, 0.717) is 55.9 Å². The Labute approximate surface area is 250 Å². The minimum Gasteiger partial charge on any atom is -0.492 e. The summed E-state index contributed by atoms with van der Waals surface area (Å²) in [4.78, 5) is 61.2. The predicted molar refractivity (Wildman–Crippen MR) is 158 cm³/mol. The first kappa shape index (κ1) is 29.8. The number of hydrogen-bond donors (Lipinski definition) is 5. The minimum atomic E-state index is -0.834. The number of nitrogens with one attached hydrogen (secondary N) is 5. The largest absolute Gasteiger partial charge is 0.492 e. The van der Waals surface area contributed by atoms with Crippen molar-refractivity contribution in [3.8, 4) is 5.75 Å². The van der Waals surface area contributed by atoms with E-state index in [4.69, 9.17) is 4.74 Å². The molecule has 2 atom stereocenters. The number of carbonyl (C=O) groups excluding carboxylic acids is 4. The molecule has 0 radical (unpaired) electrons. The van der Waals surface area contributed by atoms with E-state index < -0.39 is 18.0 Å². The lowest BCUT2D eigenvalue weighted by Gasteiger charge is -2.31. The molecule has 0 saturated carbocycles. The highest BCUT2D eigenvalue weighted by Crippen LogP contribution is 2.18. The second-order valence-electron chi connectivity index (χ2n) is 10.7. The molecular weight excluding hydrogens is 550 g/mol. The number of aromatic nitrogens is 2. The van der Waals surface area contributed by atoms with E-state index >= 15 is 0 Å². The SMILES string of the molecule is O=C1CN(C(=O)[C@H]2Cc3ccccc3CN2)CCCCNC(=O)[C@H](Cc2cnc[nH]2)NC(=O)c2cccc(c2)OCCN1. The van der Waals surface area contributed by atoms with Crippen molar-refractivity contribution >= 4 is 23.6 Å². The fraction of sp³-hybridized carbons (Fsp3) is 0.387. The van der Waals surface area contributed by atoms with Crippen LogP contribution in [0.2, 0.25) is 0 Å². The average molecular weight is 588 g/mol. The first-order chi connectivity index (χ1) is 21.0. The molecule has 0 aliphatic carbocycles. The Morgan fingerprint density at radius 1 is 1.00 bits per heavy atom. The standard InChI is InChI=1S/C31H37N7O5/c39-28-19-38(31(42)27-15-21-6-1-2-7-23(21)17-35-27)12-4-3-10-34-30(41)26(16-24-18-32-20-36-24)37-29(40)22-8-5-9-25(14-22)43-13-11-33-28/h1-2,5-9,14,18,20,26-27,35H,3-4,10-13,15-17,19H2,(H,32,36)(H,33,39)(H,34,41)(H,37,40)/t26-,27+/m0/s1. The van der Waals surface area contributed by atoms with Gasteiger partial charge in [0.1, 0.15) is 18.4 Å². The van der Waals surface area contributed by atoms with Gasteiger partial charge in [0.15, 0.2) is 0 Å². The zero-order chi connectivity index (χ0) is 30.0. The van der Waals surface area contributed by atoms with Gasteiger partial charge >= 0.3 is 0 Å². The van der Waals surface area contributed by atoms with Gasteiger partial charge in [-0.15, -0.1) is 0 Å². The van der Waals surface area contributed by atoms with E-state index in [1.165, 1.54) is 11.9 Å². The van der Waals surface area contributed by atoms with Gasteiger partial charge in [0.25, 0.3) is 5.91 Å². The number of ether oxygens (including phenoxy) is 1. The highest BCUT2D eigenvalue weighted by molar-refractivity contribution is 5.98. The van der Waals surface area contributed by atoms with E-state index in [9.17, 15) is 19.2 Å². The van der Waals surface area contributed by atoms with Crippen LogP contribution in [-0.4, -0.2) is 83.4 Å². The number of benzene rings is 2. The topological polar surface area (TPSA) is 158 Å². The summed E-state index contributed by atoms with van der Waals surface area (Å²) in [7, 11) is 0. The Kier molecular flexibility index (Phi) is 10.0. The third-order valence-electron chi connectivity index (χ3n) is 7.57. The molecule has 3 aromatic rings. The van der Waals surface area contributed by atoms with Crippen LogP contribution in [0.1, 0.15) is 40.0 Å². The summed E-state index contributed by atoms with van der Waals surface area (Å²) >= 11 is 0. The average Bonchev–Trinajstić information content (AvgIpc) is 3.54. The van der Waals surface area contributed by atoms with Crippen molar-refractivity contribution < 1.29 is 23.9 Å². The molecule has 0 saturated heterocycles. The normalized spacial score (nSPS) is 20.7. The van der Waals surface area contributed by atoms with Crippen LogP contribution in [-0.2, 0) is 33.8 Å². The number of H-pyrrole nitrogens is 1. The molecule has 12 nitrogen and oxygen atoms in total. The van der Waals surface area contributed by atoms with E-state index in [1.807, 2.05) is 24.3 Å². The molecule has 2 aromatic carbocycles. The molecule has 5 rings (SSSR count). The molecule has 4 amide bonds. The van der Waals surface area contributed by atoms with Gasteiger partial charge in [0.2, 0.25) is 17.7 Å². The maximum absolute atomic E-state index is 13.6. The van der Waals surface area contributed by atoms with Crippen LogP contribution < -0.4 is 26.0 Å². The molecule has 3 heterocycles. The van der Waals surface area contributed by atoms with Crippen LogP contribution in [0.3, 0.4) is 0 Å². The summed E-state index contributed by atoms with van der Waals surface area (Å²) in [5.74, 6) is -0.700. The van der Waals surface area contributed by atoms with Crippen molar-refractivity contribution in [1.82, 2.24) is 36.1 Å². The van der Waals surface area contributed by atoms with E-state index in [2.05, 4.69) is 31.2 Å². The lowest BCUT2D eigenvalue weighted by atomic mass is 9.95. The molecule has 0 spiro atoms. The molecule has 1 aromatic heterocycles. The third-order valence-corrected chi connectivity index (χ3v) is 7.57. The molecule has 2 aliphatic rings. The van der Waals surface area contributed by atoms with Crippen molar-refractivity contribution in [3.05, 3.63) is 83.4 Å². The summed E-state index contributed by atoms with van der Waals surface area (Å²) in [5, 5.41) is 11.9. The van der Waals surface area contributed by atoms with Gasteiger partial charge in [-0.3, -0.25) is 19.2 Å². The molecule has 2 aliphatic heterocycles. The zero-order valence-corrected chi connectivity index (χ0v) is 23.9. The molecule has 226 valence electrons. The number of nitrogens with zero attached hydrogens (tertiary/aromatic N) is 2. The maximum atomic E-state index is 13.6. The highest BCUT2D eigenvalue weighted by Gasteiger charge is 2.29. The second kappa shape index (κ2) is 14.5. The van der Waals surface area contributed by atoms with E-state index in [1.54, 1.807) is 35.4 Å². The molecule has 5 N–H and O–H groups in total. The Bertz CT molecular complexity index is 1430. The molecule has 12 heteroatoms. The van der Waals surface area contributed by atoms with Gasteiger partial charge < -0.3 is 35.9 Å². The first-order valence-electron chi connectivity index (χ1n) is 14.6. The summed E-state index contributed by atoms with van der Waals surface area (Å²) in [6.07, 6.45) is 5.09. The van der Waals surface area contributed by atoms with Gasteiger partial charge in [0, 0.05) is 43.5 Å². The number of hydrogen-bond acceptors (Lipinski definition) is 7.